The van der Waals surface area contributed by atoms with Crippen LogP contribution in [0.5, 0.6) is 0 Å². The van der Waals surface area contributed by atoms with Crippen LogP contribution in [0.25, 0.3) is 4.96 Å². The topological polar surface area (TPSA) is 63.4 Å². The lowest BCUT2D eigenvalue weighted by Gasteiger charge is -2.32. The second kappa shape index (κ2) is 6.43. The maximum atomic E-state index is 12.1. The van der Waals surface area contributed by atoms with Gasteiger partial charge in [0.05, 0.1) is 0 Å². The van der Waals surface area contributed by atoms with E-state index in [4.69, 9.17) is 5.10 Å². The monoisotopic (exact) mass is 347 g/mol. The fourth-order valence-corrected chi connectivity index (χ4v) is 4.96. The van der Waals surface area contributed by atoms with Gasteiger partial charge in [-0.05, 0) is 25.2 Å². The zero-order chi connectivity index (χ0) is 16.7. The highest BCUT2D eigenvalue weighted by Gasteiger charge is 2.31. The van der Waals surface area contributed by atoms with Crippen LogP contribution in [0.4, 0.5) is 0 Å². The Hall–Kier alpha value is -1.50. The van der Waals surface area contributed by atoms with Gasteiger partial charge >= 0.3 is 0 Å². The molecule has 0 aromatic carbocycles. The summed E-state index contributed by atoms with van der Waals surface area (Å²) in [5.41, 5.74) is 0. The summed E-state index contributed by atoms with van der Waals surface area (Å²) in [5, 5.41) is 14.7. The van der Waals surface area contributed by atoms with Crippen LogP contribution in [0.3, 0.4) is 0 Å². The molecule has 1 aliphatic heterocycles. The van der Waals surface area contributed by atoms with Crippen molar-refractivity contribution in [1.82, 2.24) is 24.7 Å². The molecule has 2 aromatic rings. The first-order valence-electron chi connectivity index (χ1n) is 9.11. The minimum atomic E-state index is 0.287. The molecule has 0 spiro atoms. The number of fused-ring (bicyclic) bond motifs is 1. The number of carbonyl (C=O) groups excluding carboxylic acids is 1. The number of carbonyl (C=O) groups is 1. The van der Waals surface area contributed by atoms with E-state index in [-0.39, 0.29) is 5.91 Å². The number of hydrogen-bond donors (Lipinski definition) is 0. The number of rotatable bonds is 4. The highest BCUT2D eigenvalue weighted by atomic mass is 32.1. The number of aromatic nitrogens is 4. The smallest absolute Gasteiger partial charge is 0.234 e. The van der Waals surface area contributed by atoms with Crippen LogP contribution >= 0.6 is 11.3 Å². The summed E-state index contributed by atoms with van der Waals surface area (Å²) in [7, 11) is 0. The lowest BCUT2D eigenvalue weighted by Crippen LogP contribution is -2.41. The summed E-state index contributed by atoms with van der Waals surface area (Å²) >= 11 is 1.65. The van der Waals surface area contributed by atoms with E-state index in [9.17, 15) is 4.79 Å². The quantitative estimate of drug-likeness (QED) is 0.852. The van der Waals surface area contributed by atoms with Crippen LogP contribution in [-0.2, 0) is 4.79 Å². The molecule has 24 heavy (non-hydrogen) atoms. The first-order chi connectivity index (χ1) is 11.6. The van der Waals surface area contributed by atoms with Crippen molar-refractivity contribution in [3.8, 4) is 0 Å². The van der Waals surface area contributed by atoms with E-state index in [2.05, 4.69) is 24.0 Å². The number of hydrogen-bond acceptors (Lipinski definition) is 5. The van der Waals surface area contributed by atoms with Gasteiger partial charge in [0, 0.05) is 31.3 Å². The molecule has 6 nitrogen and oxygen atoms in total. The third-order valence-electron chi connectivity index (χ3n) is 5.19. The predicted octanol–water partition coefficient (Wildman–Crippen LogP) is 3.21. The molecule has 7 heteroatoms. The molecule has 1 amide bonds. The SMILES string of the molecule is CC(C)CN1CC(c2nn3c(C4CCCC4)nnc3s2)CCC1=O. The average molecular weight is 347 g/mol. The Kier molecular flexibility index (Phi) is 4.28. The number of amides is 1. The Balaban J connectivity index is 1.56. The van der Waals surface area contributed by atoms with Crippen LogP contribution in [0.2, 0.25) is 0 Å². The van der Waals surface area contributed by atoms with E-state index in [1.807, 2.05) is 9.42 Å². The van der Waals surface area contributed by atoms with Crippen LogP contribution < -0.4 is 0 Å². The first-order valence-corrected chi connectivity index (χ1v) is 9.93. The second-order valence-corrected chi connectivity index (χ2v) is 8.59. The van der Waals surface area contributed by atoms with Gasteiger partial charge in [0.1, 0.15) is 5.01 Å². The van der Waals surface area contributed by atoms with Crippen molar-refractivity contribution in [2.45, 2.75) is 64.2 Å². The molecule has 2 aliphatic rings. The Morgan fingerprint density at radius 2 is 1.96 bits per heavy atom. The molecule has 2 aromatic heterocycles. The van der Waals surface area contributed by atoms with Crippen LogP contribution in [0.15, 0.2) is 0 Å². The first kappa shape index (κ1) is 16.0. The minimum Gasteiger partial charge on any atom is -0.342 e. The zero-order valence-corrected chi connectivity index (χ0v) is 15.3. The highest BCUT2D eigenvalue weighted by molar-refractivity contribution is 7.16. The lowest BCUT2D eigenvalue weighted by molar-refractivity contribution is -0.134. The van der Waals surface area contributed by atoms with Crippen molar-refractivity contribution in [2.75, 3.05) is 13.1 Å². The highest BCUT2D eigenvalue weighted by Crippen LogP contribution is 2.35. The van der Waals surface area contributed by atoms with Gasteiger partial charge in [0.2, 0.25) is 10.9 Å². The maximum Gasteiger partial charge on any atom is 0.234 e. The molecule has 1 saturated carbocycles. The molecule has 2 fully saturated rings. The predicted molar refractivity (Wildman–Crippen MR) is 93.3 cm³/mol. The molecule has 1 aliphatic carbocycles. The van der Waals surface area contributed by atoms with Gasteiger partial charge in [-0.25, -0.2) is 0 Å². The largest absolute Gasteiger partial charge is 0.342 e. The summed E-state index contributed by atoms with van der Waals surface area (Å²) in [6.45, 7) is 5.95. The molecular weight excluding hydrogens is 322 g/mol. The van der Waals surface area contributed by atoms with Gasteiger partial charge in [0.15, 0.2) is 5.82 Å². The summed E-state index contributed by atoms with van der Waals surface area (Å²) in [6, 6.07) is 0. The molecule has 130 valence electrons. The summed E-state index contributed by atoms with van der Waals surface area (Å²) < 4.78 is 1.97. The Morgan fingerprint density at radius 1 is 1.17 bits per heavy atom. The van der Waals surface area contributed by atoms with Crippen LogP contribution in [-0.4, -0.2) is 43.7 Å². The van der Waals surface area contributed by atoms with Gasteiger partial charge < -0.3 is 4.90 Å². The molecule has 1 unspecified atom stereocenters. The normalized spacial score (nSPS) is 23.0. The van der Waals surface area contributed by atoms with Crippen molar-refractivity contribution in [3.05, 3.63) is 10.8 Å². The molecule has 1 saturated heterocycles. The van der Waals surface area contributed by atoms with Gasteiger partial charge in [-0.15, -0.1) is 10.2 Å². The van der Waals surface area contributed by atoms with E-state index < -0.39 is 0 Å². The molecule has 3 heterocycles. The minimum absolute atomic E-state index is 0.287. The van der Waals surface area contributed by atoms with Crippen molar-refractivity contribution >= 4 is 22.2 Å². The maximum absolute atomic E-state index is 12.1. The van der Waals surface area contributed by atoms with E-state index in [0.717, 1.165) is 35.3 Å². The van der Waals surface area contributed by atoms with Gasteiger partial charge in [-0.3, -0.25) is 4.79 Å². The van der Waals surface area contributed by atoms with Gasteiger partial charge in [-0.1, -0.05) is 38.0 Å². The van der Waals surface area contributed by atoms with Gasteiger partial charge in [-0.2, -0.15) is 9.61 Å². The molecular formula is C17H25N5OS. The lowest BCUT2D eigenvalue weighted by atomic mass is 9.97. The third-order valence-corrected chi connectivity index (χ3v) is 6.25. The van der Waals surface area contributed by atoms with Crippen molar-refractivity contribution in [1.29, 1.82) is 0 Å². The van der Waals surface area contributed by atoms with Crippen molar-refractivity contribution < 1.29 is 4.79 Å². The number of piperidine rings is 1. The molecule has 4 rings (SSSR count). The summed E-state index contributed by atoms with van der Waals surface area (Å²) in [5.74, 6) is 2.68. The van der Waals surface area contributed by atoms with Crippen LogP contribution in [0, 0.1) is 5.92 Å². The van der Waals surface area contributed by atoms with Crippen LogP contribution in [0.1, 0.15) is 75.0 Å². The molecule has 0 radical (unpaired) electrons. The van der Waals surface area contributed by atoms with Crippen molar-refractivity contribution in [2.24, 2.45) is 5.92 Å². The fraction of sp³-hybridized carbons (Fsp3) is 0.765. The summed E-state index contributed by atoms with van der Waals surface area (Å²) in [4.78, 5) is 15.1. The van der Waals surface area contributed by atoms with E-state index >= 15 is 0 Å². The average Bonchev–Trinajstić information content (AvgIpc) is 3.24. The number of nitrogens with zero attached hydrogens (tertiary/aromatic N) is 5. The standard InChI is InChI=1S/C17H25N5OS/c1-11(2)9-21-10-13(7-8-14(21)23)16-20-22-15(12-5-3-4-6-12)18-19-17(22)24-16/h11-13H,3-10H2,1-2H3. The Morgan fingerprint density at radius 3 is 2.71 bits per heavy atom. The Bertz CT molecular complexity index is 730. The molecule has 0 bridgehead atoms. The van der Waals surface area contributed by atoms with Gasteiger partial charge in [0.25, 0.3) is 0 Å². The van der Waals surface area contributed by atoms with E-state index in [0.29, 0.717) is 24.2 Å². The Labute approximate surface area is 146 Å². The fourth-order valence-electron chi connectivity index (χ4n) is 3.98. The van der Waals surface area contributed by atoms with E-state index in [1.54, 1.807) is 11.3 Å². The molecule has 0 N–H and O–H groups in total. The summed E-state index contributed by atoms with van der Waals surface area (Å²) in [6.07, 6.45) is 6.50. The van der Waals surface area contributed by atoms with Crippen molar-refractivity contribution in [3.63, 3.8) is 0 Å². The third kappa shape index (κ3) is 2.94. The molecule has 1 atom stereocenters. The zero-order valence-electron chi connectivity index (χ0n) is 14.4. The number of likely N-dealkylation sites (tertiary alicyclic amines) is 1. The second-order valence-electron chi connectivity index (χ2n) is 7.60. The van der Waals surface area contributed by atoms with E-state index in [1.165, 1.54) is 25.7 Å².